The first-order chi connectivity index (χ1) is 8.60. The second-order valence-electron chi connectivity index (χ2n) is 4.10. The molecular formula is C14H14ClNO2. The second-order valence-corrected chi connectivity index (χ2v) is 4.51. The van der Waals surface area contributed by atoms with Crippen LogP contribution in [0, 0.1) is 6.92 Å². The Balaban J connectivity index is 2.37. The fraction of sp³-hybridized carbons (Fsp3) is 0.286. The highest BCUT2D eigenvalue weighted by atomic mass is 35.5. The zero-order valence-electron chi connectivity index (χ0n) is 10.4. The van der Waals surface area contributed by atoms with E-state index in [4.69, 9.17) is 16.3 Å². The third-order valence-corrected chi connectivity index (χ3v) is 2.91. The predicted octanol–water partition coefficient (Wildman–Crippen LogP) is 3.30. The molecule has 3 nitrogen and oxygen atoms in total. The first kappa shape index (κ1) is 12.8. The Morgan fingerprint density at radius 2 is 2.17 bits per heavy atom. The Hall–Kier alpha value is -1.61. The van der Waals surface area contributed by atoms with E-state index in [1.165, 1.54) is 0 Å². The summed E-state index contributed by atoms with van der Waals surface area (Å²) < 4.78 is 4.89. The van der Waals surface area contributed by atoms with Gasteiger partial charge in [0, 0.05) is 5.39 Å². The molecule has 0 aliphatic rings. The third kappa shape index (κ3) is 2.79. The van der Waals surface area contributed by atoms with Gasteiger partial charge in [0.25, 0.3) is 0 Å². The Labute approximate surface area is 111 Å². The Kier molecular flexibility index (Phi) is 3.82. The normalized spacial score (nSPS) is 10.6. The van der Waals surface area contributed by atoms with Gasteiger partial charge in [-0.15, -0.1) is 0 Å². The maximum absolute atomic E-state index is 11.4. The minimum absolute atomic E-state index is 0.150. The number of carbonyl (C=O) groups excluding carboxylic acids is 1. The largest absolute Gasteiger partial charge is 0.466 e. The SMILES string of the molecule is CCOC(=O)Cc1cc(Cl)c2cc(C)ccc2n1. The van der Waals surface area contributed by atoms with E-state index < -0.39 is 0 Å². The van der Waals surface area contributed by atoms with E-state index in [0.717, 1.165) is 16.5 Å². The van der Waals surface area contributed by atoms with Crippen LogP contribution in [0.25, 0.3) is 10.9 Å². The van der Waals surface area contributed by atoms with Crippen molar-refractivity contribution in [2.24, 2.45) is 0 Å². The molecular weight excluding hydrogens is 250 g/mol. The molecule has 0 spiro atoms. The molecule has 0 radical (unpaired) electrons. The summed E-state index contributed by atoms with van der Waals surface area (Å²) in [6.07, 6.45) is 0.150. The topological polar surface area (TPSA) is 39.2 Å². The molecule has 0 unspecified atom stereocenters. The molecule has 18 heavy (non-hydrogen) atoms. The molecule has 1 aromatic heterocycles. The van der Waals surface area contributed by atoms with Crippen molar-refractivity contribution in [1.29, 1.82) is 0 Å². The van der Waals surface area contributed by atoms with Gasteiger partial charge in [0.15, 0.2) is 0 Å². The molecule has 1 aromatic carbocycles. The highest BCUT2D eigenvalue weighted by molar-refractivity contribution is 6.35. The standard InChI is InChI=1S/C14H14ClNO2/c1-3-18-14(17)8-10-7-12(15)11-6-9(2)4-5-13(11)16-10/h4-7H,3,8H2,1-2H3. The molecule has 0 atom stereocenters. The van der Waals surface area contributed by atoms with Gasteiger partial charge in [-0.25, -0.2) is 0 Å². The van der Waals surface area contributed by atoms with Gasteiger partial charge in [-0.3, -0.25) is 9.78 Å². The van der Waals surface area contributed by atoms with Crippen LogP contribution in [-0.2, 0) is 16.0 Å². The highest BCUT2D eigenvalue weighted by Gasteiger charge is 2.09. The van der Waals surface area contributed by atoms with Gasteiger partial charge in [0.1, 0.15) is 0 Å². The van der Waals surface area contributed by atoms with E-state index in [0.29, 0.717) is 17.3 Å². The maximum atomic E-state index is 11.4. The van der Waals surface area contributed by atoms with Crippen LogP contribution >= 0.6 is 11.6 Å². The minimum Gasteiger partial charge on any atom is -0.466 e. The first-order valence-electron chi connectivity index (χ1n) is 5.81. The fourth-order valence-corrected chi connectivity index (χ4v) is 2.08. The monoisotopic (exact) mass is 263 g/mol. The number of fused-ring (bicyclic) bond motifs is 1. The van der Waals surface area contributed by atoms with Gasteiger partial charge >= 0.3 is 5.97 Å². The number of pyridine rings is 1. The lowest BCUT2D eigenvalue weighted by molar-refractivity contribution is -0.142. The summed E-state index contributed by atoms with van der Waals surface area (Å²) in [5.41, 5.74) is 2.56. The molecule has 94 valence electrons. The van der Waals surface area contributed by atoms with Gasteiger partial charge in [-0.1, -0.05) is 23.2 Å². The Bertz CT molecular complexity index is 596. The van der Waals surface area contributed by atoms with Crippen molar-refractivity contribution in [3.05, 3.63) is 40.5 Å². The van der Waals surface area contributed by atoms with E-state index in [2.05, 4.69) is 4.98 Å². The van der Waals surface area contributed by atoms with Crippen molar-refractivity contribution in [3.8, 4) is 0 Å². The van der Waals surface area contributed by atoms with Crippen molar-refractivity contribution in [3.63, 3.8) is 0 Å². The smallest absolute Gasteiger partial charge is 0.311 e. The fourth-order valence-electron chi connectivity index (χ4n) is 1.80. The van der Waals surface area contributed by atoms with Crippen LogP contribution < -0.4 is 0 Å². The molecule has 0 fully saturated rings. The number of benzene rings is 1. The van der Waals surface area contributed by atoms with E-state index in [9.17, 15) is 4.79 Å². The second kappa shape index (κ2) is 5.36. The number of ether oxygens (including phenoxy) is 1. The summed E-state index contributed by atoms with van der Waals surface area (Å²) in [6, 6.07) is 7.59. The van der Waals surface area contributed by atoms with Gasteiger partial charge in [-0.05, 0) is 32.0 Å². The summed E-state index contributed by atoms with van der Waals surface area (Å²) in [5.74, 6) is -0.285. The number of aromatic nitrogens is 1. The van der Waals surface area contributed by atoms with Crippen molar-refractivity contribution in [2.45, 2.75) is 20.3 Å². The van der Waals surface area contributed by atoms with Gasteiger partial charge in [0.2, 0.25) is 0 Å². The number of hydrogen-bond acceptors (Lipinski definition) is 3. The van der Waals surface area contributed by atoms with E-state index in [-0.39, 0.29) is 12.4 Å². The van der Waals surface area contributed by atoms with Gasteiger partial charge < -0.3 is 4.74 Å². The molecule has 2 aromatic rings. The number of hydrogen-bond donors (Lipinski definition) is 0. The summed E-state index contributed by atoms with van der Waals surface area (Å²) in [7, 11) is 0. The van der Waals surface area contributed by atoms with Crippen LogP contribution in [0.2, 0.25) is 5.02 Å². The van der Waals surface area contributed by atoms with Crippen LogP contribution in [0.3, 0.4) is 0 Å². The minimum atomic E-state index is -0.285. The van der Waals surface area contributed by atoms with Crippen molar-refractivity contribution >= 4 is 28.5 Å². The molecule has 0 N–H and O–H groups in total. The van der Waals surface area contributed by atoms with Crippen LogP contribution in [-0.4, -0.2) is 17.6 Å². The molecule has 0 saturated carbocycles. The van der Waals surface area contributed by atoms with Crippen molar-refractivity contribution in [1.82, 2.24) is 4.98 Å². The number of esters is 1. The zero-order chi connectivity index (χ0) is 13.1. The molecule has 0 amide bonds. The number of aryl methyl sites for hydroxylation is 1. The lowest BCUT2D eigenvalue weighted by Gasteiger charge is -2.06. The van der Waals surface area contributed by atoms with E-state index in [1.807, 2.05) is 25.1 Å². The maximum Gasteiger partial charge on any atom is 0.311 e. The van der Waals surface area contributed by atoms with Crippen LogP contribution in [0.5, 0.6) is 0 Å². The number of carbonyl (C=O) groups is 1. The lowest BCUT2D eigenvalue weighted by atomic mass is 10.1. The lowest BCUT2D eigenvalue weighted by Crippen LogP contribution is -2.08. The summed E-state index contributed by atoms with van der Waals surface area (Å²) >= 11 is 6.20. The predicted molar refractivity (Wildman–Crippen MR) is 71.8 cm³/mol. The molecule has 2 rings (SSSR count). The van der Waals surface area contributed by atoms with Crippen molar-refractivity contribution < 1.29 is 9.53 Å². The number of rotatable bonds is 3. The average molecular weight is 264 g/mol. The van der Waals surface area contributed by atoms with Crippen molar-refractivity contribution in [2.75, 3.05) is 6.61 Å². The number of nitrogens with zero attached hydrogens (tertiary/aromatic N) is 1. The van der Waals surface area contributed by atoms with E-state index >= 15 is 0 Å². The van der Waals surface area contributed by atoms with E-state index in [1.54, 1.807) is 13.0 Å². The summed E-state index contributed by atoms with van der Waals surface area (Å²) in [4.78, 5) is 15.8. The molecule has 0 saturated heterocycles. The Morgan fingerprint density at radius 1 is 1.39 bits per heavy atom. The molecule has 4 heteroatoms. The third-order valence-electron chi connectivity index (χ3n) is 2.60. The summed E-state index contributed by atoms with van der Waals surface area (Å²) in [5, 5.41) is 1.52. The van der Waals surface area contributed by atoms with Crippen LogP contribution in [0.4, 0.5) is 0 Å². The van der Waals surface area contributed by atoms with Crippen LogP contribution in [0.1, 0.15) is 18.2 Å². The Morgan fingerprint density at radius 3 is 2.89 bits per heavy atom. The average Bonchev–Trinajstić information content (AvgIpc) is 2.30. The van der Waals surface area contributed by atoms with Gasteiger partial charge in [-0.2, -0.15) is 0 Å². The quantitative estimate of drug-likeness (QED) is 0.798. The molecule has 1 heterocycles. The van der Waals surface area contributed by atoms with Gasteiger partial charge in [0.05, 0.1) is 29.3 Å². The summed E-state index contributed by atoms with van der Waals surface area (Å²) in [6.45, 7) is 4.16. The number of halogens is 1. The molecule has 0 aliphatic carbocycles. The first-order valence-corrected chi connectivity index (χ1v) is 6.19. The highest BCUT2D eigenvalue weighted by Crippen LogP contribution is 2.24. The molecule has 0 bridgehead atoms. The van der Waals surface area contributed by atoms with Crippen LogP contribution in [0.15, 0.2) is 24.3 Å². The molecule has 0 aliphatic heterocycles. The zero-order valence-corrected chi connectivity index (χ0v) is 11.1.